The number of likely N-dealkylation sites (tertiary alicyclic amines) is 1. The molecule has 0 aliphatic carbocycles. The highest BCUT2D eigenvalue weighted by molar-refractivity contribution is 5.79. The minimum atomic E-state index is 0.178. The van der Waals surface area contributed by atoms with Gasteiger partial charge in [0.2, 0.25) is 5.91 Å². The van der Waals surface area contributed by atoms with Crippen LogP contribution >= 0.6 is 0 Å². The quantitative estimate of drug-likeness (QED) is 0.892. The molecule has 1 aliphatic heterocycles. The van der Waals surface area contributed by atoms with Crippen molar-refractivity contribution in [2.24, 2.45) is 0 Å². The maximum Gasteiger partial charge on any atom is 0.226 e. The molecule has 1 aliphatic rings. The van der Waals surface area contributed by atoms with Crippen LogP contribution in [-0.2, 0) is 11.2 Å². The van der Waals surface area contributed by atoms with Gasteiger partial charge in [-0.25, -0.2) is 0 Å². The van der Waals surface area contributed by atoms with Crippen LogP contribution in [0.5, 0.6) is 11.5 Å². The molecule has 5 nitrogen and oxygen atoms in total. The fourth-order valence-electron chi connectivity index (χ4n) is 2.69. The Balaban J connectivity index is 1.96. The van der Waals surface area contributed by atoms with E-state index in [1.165, 1.54) is 0 Å². The molecule has 21 heavy (non-hydrogen) atoms. The minimum Gasteiger partial charge on any atom is -0.493 e. The molecule has 1 aromatic rings. The summed E-state index contributed by atoms with van der Waals surface area (Å²) in [4.78, 5) is 14.3. The summed E-state index contributed by atoms with van der Waals surface area (Å²) in [5, 5.41) is 3.27. The van der Waals surface area contributed by atoms with Crippen LogP contribution in [0.4, 0.5) is 0 Å². The Morgan fingerprint density at radius 1 is 1.24 bits per heavy atom. The van der Waals surface area contributed by atoms with Gasteiger partial charge in [0.05, 0.1) is 20.6 Å². The van der Waals surface area contributed by atoms with Crippen molar-refractivity contribution in [2.45, 2.75) is 25.3 Å². The first-order chi connectivity index (χ1) is 10.2. The van der Waals surface area contributed by atoms with Crippen LogP contribution in [-0.4, -0.2) is 51.2 Å². The van der Waals surface area contributed by atoms with Crippen molar-refractivity contribution >= 4 is 5.91 Å². The molecule has 5 heteroatoms. The summed E-state index contributed by atoms with van der Waals surface area (Å²) < 4.78 is 10.5. The molecule has 1 aromatic carbocycles. The number of amides is 1. The number of carbonyl (C=O) groups is 1. The summed E-state index contributed by atoms with van der Waals surface area (Å²) in [5.41, 5.74) is 0.952. The molecular weight excluding hydrogens is 268 g/mol. The molecule has 0 aromatic heterocycles. The third-order valence-corrected chi connectivity index (χ3v) is 4.06. The van der Waals surface area contributed by atoms with Crippen LogP contribution in [0.15, 0.2) is 18.2 Å². The Morgan fingerprint density at radius 3 is 2.48 bits per heavy atom. The van der Waals surface area contributed by atoms with Crippen molar-refractivity contribution in [1.29, 1.82) is 0 Å². The number of ether oxygens (including phenoxy) is 2. The smallest absolute Gasteiger partial charge is 0.226 e. The van der Waals surface area contributed by atoms with E-state index in [0.717, 1.165) is 31.5 Å². The zero-order valence-electron chi connectivity index (χ0n) is 13.0. The van der Waals surface area contributed by atoms with Crippen LogP contribution in [0.1, 0.15) is 18.4 Å². The Morgan fingerprint density at radius 2 is 1.90 bits per heavy atom. The Labute approximate surface area is 126 Å². The monoisotopic (exact) mass is 292 g/mol. The first-order valence-corrected chi connectivity index (χ1v) is 7.34. The number of methoxy groups -OCH3 is 2. The lowest BCUT2D eigenvalue weighted by atomic mass is 10.0. The van der Waals surface area contributed by atoms with E-state index < -0.39 is 0 Å². The number of carbonyl (C=O) groups excluding carboxylic acids is 1. The predicted octanol–water partition coefficient (Wildman–Crippen LogP) is 1.46. The highest BCUT2D eigenvalue weighted by Gasteiger charge is 2.21. The van der Waals surface area contributed by atoms with Gasteiger partial charge in [-0.3, -0.25) is 4.79 Å². The Bertz CT molecular complexity index is 482. The Kier molecular flexibility index (Phi) is 5.44. The Hall–Kier alpha value is -1.75. The van der Waals surface area contributed by atoms with Gasteiger partial charge in [-0.1, -0.05) is 6.07 Å². The van der Waals surface area contributed by atoms with Gasteiger partial charge in [-0.05, 0) is 37.6 Å². The molecule has 1 N–H and O–H groups in total. The summed E-state index contributed by atoms with van der Waals surface area (Å²) in [7, 11) is 5.19. The largest absolute Gasteiger partial charge is 0.493 e. The summed E-state index contributed by atoms with van der Waals surface area (Å²) in [6.45, 7) is 1.66. The fourth-order valence-corrected chi connectivity index (χ4v) is 2.69. The van der Waals surface area contributed by atoms with Crippen molar-refractivity contribution in [2.75, 3.05) is 34.4 Å². The molecule has 0 saturated carbocycles. The van der Waals surface area contributed by atoms with Crippen molar-refractivity contribution in [3.8, 4) is 11.5 Å². The van der Waals surface area contributed by atoms with E-state index in [1.54, 1.807) is 14.2 Å². The standard InChI is InChI=1S/C16H24N2O3/c1-17-13-6-8-18(9-7-13)16(19)11-12-4-5-14(20-2)15(10-12)21-3/h4-5,10,13,17H,6-9,11H2,1-3H3. The first-order valence-electron chi connectivity index (χ1n) is 7.34. The first kappa shape index (κ1) is 15.6. The lowest BCUT2D eigenvalue weighted by molar-refractivity contribution is -0.131. The molecule has 0 unspecified atom stereocenters. The summed E-state index contributed by atoms with van der Waals surface area (Å²) in [6, 6.07) is 6.17. The van der Waals surface area contributed by atoms with Crippen LogP contribution in [0, 0.1) is 0 Å². The average molecular weight is 292 g/mol. The molecular formula is C16H24N2O3. The lowest BCUT2D eigenvalue weighted by Gasteiger charge is -2.32. The fraction of sp³-hybridized carbons (Fsp3) is 0.562. The molecule has 2 rings (SSSR count). The third-order valence-electron chi connectivity index (χ3n) is 4.06. The number of hydrogen-bond acceptors (Lipinski definition) is 4. The molecule has 0 bridgehead atoms. The number of hydrogen-bond donors (Lipinski definition) is 1. The van der Waals surface area contributed by atoms with Crippen molar-refractivity contribution in [3.05, 3.63) is 23.8 Å². The van der Waals surface area contributed by atoms with E-state index in [0.29, 0.717) is 24.0 Å². The molecule has 0 atom stereocenters. The van der Waals surface area contributed by atoms with Gasteiger partial charge >= 0.3 is 0 Å². The normalized spacial score (nSPS) is 15.9. The highest BCUT2D eigenvalue weighted by atomic mass is 16.5. The maximum absolute atomic E-state index is 12.4. The second-order valence-electron chi connectivity index (χ2n) is 5.31. The predicted molar refractivity (Wildman–Crippen MR) is 81.9 cm³/mol. The van der Waals surface area contributed by atoms with E-state index in [-0.39, 0.29) is 5.91 Å². The SMILES string of the molecule is CNC1CCN(C(=O)Cc2ccc(OC)c(OC)c2)CC1. The van der Waals surface area contributed by atoms with Gasteiger partial charge in [-0.15, -0.1) is 0 Å². The number of nitrogens with zero attached hydrogens (tertiary/aromatic N) is 1. The molecule has 1 amide bonds. The number of rotatable bonds is 5. The van der Waals surface area contributed by atoms with Gasteiger partial charge in [0.15, 0.2) is 11.5 Å². The molecule has 0 radical (unpaired) electrons. The summed E-state index contributed by atoms with van der Waals surface area (Å²) in [5.74, 6) is 1.52. The van der Waals surface area contributed by atoms with Crippen molar-refractivity contribution in [3.63, 3.8) is 0 Å². The van der Waals surface area contributed by atoms with Gasteiger partial charge in [-0.2, -0.15) is 0 Å². The van der Waals surface area contributed by atoms with Crippen LogP contribution in [0.2, 0.25) is 0 Å². The van der Waals surface area contributed by atoms with Gasteiger partial charge in [0.1, 0.15) is 0 Å². The van der Waals surface area contributed by atoms with Gasteiger partial charge < -0.3 is 19.7 Å². The van der Waals surface area contributed by atoms with Crippen LogP contribution in [0.25, 0.3) is 0 Å². The highest BCUT2D eigenvalue weighted by Crippen LogP contribution is 2.28. The molecule has 0 spiro atoms. The molecule has 1 saturated heterocycles. The summed E-state index contributed by atoms with van der Waals surface area (Å²) >= 11 is 0. The zero-order chi connectivity index (χ0) is 15.2. The van der Waals surface area contributed by atoms with Crippen molar-refractivity contribution < 1.29 is 14.3 Å². The van der Waals surface area contributed by atoms with E-state index >= 15 is 0 Å². The molecule has 1 heterocycles. The van der Waals surface area contributed by atoms with E-state index in [4.69, 9.17) is 9.47 Å². The average Bonchev–Trinajstić information content (AvgIpc) is 2.54. The summed E-state index contributed by atoms with van der Waals surface area (Å²) in [6.07, 6.45) is 2.45. The minimum absolute atomic E-state index is 0.178. The number of benzene rings is 1. The zero-order valence-corrected chi connectivity index (χ0v) is 13.0. The lowest BCUT2D eigenvalue weighted by Crippen LogP contribution is -2.44. The van der Waals surface area contributed by atoms with Crippen molar-refractivity contribution in [1.82, 2.24) is 10.2 Å². The van der Waals surface area contributed by atoms with E-state index in [2.05, 4.69) is 5.32 Å². The second-order valence-corrected chi connectivity index (χ2v) is 5.31. The van der Waals surface area contributed by atoms with Gasteiger partial charge in [0.25, 0.3) is 0 Å². The van der Waals surface area contributed by atoms with Crippen LogP contribution in [0.3, 0.4) is 0 Å². The van der Waals surface area contributed by atoms with E-state index in [1.807, 2.05) is 30.1 Å². The van der Waals surface area contributed by atoms with Gasteiger partial charge in [0, 0.05) is 19.1 Å². The number of piperidine rings is 1. The topological polar surface area (TPSA) is 50.8 Å². The third kappa shape index (κ3) is 3.88. The maximum atomic E-state index is 12.4. The van der Waals surface area contributed by atoms with Crippen LogP contribution < -0.4 is 14.8 Å². The second kappa shape index (κ2) is 7.31. The number of nitrogens with one attached hydrogen (secondary N) is 1. The van der Waals surface area contributed by atoms with E-state index in [9.17, 15) is 4.79 Å². The molecule has 116 valence electrons. The molecule has 1 fully saturated rings.